The van der Waals surface area contributed by atoms with Crippen LogP contribution in [-0.2, 0) is 4.74 Å². The fourth-order valence-electron chi connectivity index (χ4n) is 4.39. The van der Waals surface area contributed by atoms with Crippen LogP contribution in [0.3, 0.4) is 0 Å². The van der Waals surface area contributed by atoms with Gasteiger partial charge in [0.15, 0.2) is 0 Å². The van der Waals surface area contributed by atoms with Crippen LogP contribution in [0.4, 0.5) is 0 Å². The van der Waals surface area contributed by atoms with Crippen molar-refractivity contribution in [2.24, 2.45) is 5.92 Å². The highest BCUT2D eigenvalue weighted by molar-refractivity contribution is 6.31. The maximum Gasteiger partial charge on any atom is 0.251 e. The smallest absolute Gasteiger partial charge is 0.251 e. The first-order chi connectivity index (χ1) is 15.5. The fourth-order valence-corrected chi connectivity index (χ4v) is 4.65. The lowest BCUT2D eigenvalue weighted by atomic mass is 9.97. The molecule has 0 radical (unpaired) electrons. The van der Waals surface area contributed by atoms with Crippen LogP contribution in [0, 0.1) is 5.92 Å². The maximum absolute atomic E-state index is 13.0. The highest BCUT2D eigenvalue weighted by atomic mass is 35.5. The van der Waals surface area contributed by atoms with Crippen LogP contribution < -0.4 is 5.32 Å². The standard InChI is InChI=1S/C26H32ClN3O2/c1-18(2)30-13-10-19(11-14-30)16-32-17-25(22-5-3-4-6-23(22)27)29-26(31)21-8-7-20-9-12-28-24(20)15-21/h3-9,12,15,18-19,25,28H,10-11,13-14,16-17H2,1-2H3,(H,29,31). The van der Waals surface area contributed by atoms with Crippen molar-refractivity contribution in [2.45, 2.75) is 38.8 Å². The highest BCUT2D eigenvalue weighted by Gasteiger charge is 2.23. The molecule has 0 saturated carbocycles. The third-order valence-electron chi connectivity index (χ3n) is 6.42. The van der Waals surface area contributed by atoms with Gasteiger partial charge >= 0.3 is 0 Å². The number of benzene rings is 2. The molecule has 170 valence electrons. The molecule has 1 atom stereocenters. The molecule has 1 aliphatic heterocycles. The number of nitrogens with zero attached hydrogens (tertiary/aromatic N) is 1. The van der Waals surface area contributed by atoms with Crippen LogP contribution in [0.25, 0.3) is 10.9 Å². The Kier molecular flexibility index (Phi) is 7.51. The molecule has 32 heavy (non-hydrogen) atoms. The zero-order valence-corrected chi connectivity index (χ0v) is 19.6. The predicted octanol–water partition coefficient (Wildman–Crippen LogP) is 5.43. The SMILES string of the molecule is CC(C)N1CCC(COCC(NC(=O)c2ccc3cc[nH]c3c2)c2ccccc2Cl)CC1. The number of nitrogens with one attached hydrogen (secondary N) is 2. The number of aromatic nitrogens is 1. The number of fused-ring (bicyclic) bond motifs is 1. The largest absolute Gasteiger partial charge is 0.379 e. The monoisotopic (exact) mass is 453 g/mol. The van der Waals surface area contributed by atoms with E-state index in [9.17, 15) is 4.79 Å². The first-order valence-corrected chi connectivity index (χ1v) is 11.8. The molecular weight excluding hydrogens is 422 g/mol. The Morgan fingerprint density at radius 2 is 1.97 bits per heavy atom. The number of hydrogen-bond acceptors (Lipinski definition) is 3. The van der Waals surface area contributed by atoms with E-state index in [1.54, 1.807) is 0 Å². The minimum Gasteiger partial charge on any atom is -0.379 e. The van der Waals surface area contributed by atoms with Gasteiger partial charge in [0.25, 0.3) is 5.91 Å². The molecule has 0 spiro atoms. The average Bonchev–Trinajstić information content (AvgIpc) is 3.27. The van der Waals surface area contributed by atoms with Crippen molar-refractivity contribution in [3.63, 3.8) is 0 Å². The second kappa shape index (κ2) is 10.5. The van der Waals surface area contributed by atoms with Crippen molar-refractivity contribution < 1.29 is 9.53 Å². The Labute approximate surface area is 195 Å². The minimum absolute atomic E-state index is 0.139. The molecule has 2 heterocycles. The van der Waals surface area contributed by atoms with E-state index in [0.717, 1.165) is 42.4 Å². The first kappa shape index (κ1) is 22.8. The number of hydrogen-bond donors (Lipinski definition) is 2. The third-order valence-corrected chi connectivity index (χ3v) is 6.76. The van der Waals surface area contributed by atoms with Crippen LogP contribution in [0.5, 0.6) is 0 Å². The second-order valence-electron chi connectivity index (χ2n) is 8.94. The van der Waals surface area contributed by atoms with Crippen LogP contribution >= 0.6 is 11.6 Å². The van der Waals surface area contributed by atoms with Gasteiger partial charge in [-0.15, -0.1) is 0 Å². The molecule has 1 unspecified atom stereocenters. The predicted molar refractivity (Wildman–Crippen MR) is 130 cm³/mol. The van der Waals surface area contributed by atoms with Crippen molar-refractivity contribution in [1.82, 2.24) is 15.2 Å². The van der Waals surface area contributed by atoms with Gasteiger partial charge in [-0.1, -0.05) is 35.9 Å². The van der Waals surface area contributed by atoms with E-state index in [0.29, 0.717) is 35.8 Å². The van der Waals surface area contributed by atoms with E-state index in [4.69, 9.17) is 16.3 Å². The summed E-state index contributed by atoms with van der Waals surface area (Å²) in [5.41, 5.74) is 2.42. The summed E-state index contributed by atoms with van der Waals surface area (Å²) < 4.78 is 6.14. The van der Waals surface area contributed by atoms with Gasteiger partial charge in [-0.25, -0.2) is 0 Å². The molecule has 1 amide bonds. The van der Waals surface area contributed by atoms with E-state index >= 15 is 0 Å². The minimum atomic E-state index is -0.314. The van der Waals surface area contributed by atoms with Crippen LogP contribution in [0.1, 0.15) is 48.7 Å². The maximum atomic E-state index is 13.0. The zero-order valence-electron chi connectivity index (χ0n) is 18.8. The number of carbonyl (C=O) groups is 1. The summed E-state index contributed by atoms with van der Waals surface area (Å²) in [5.74, 6) is 0.420. The molecule has 1 fully saturated rings. The summed E-state index contributed by atoms with van der Waals surface area (Å²) >= 11 is 6.47. The van der Waals surface area contributed by atoms with E-state index in [-0.39, 0.29) is 11.9 Å². The van der Waals surface area contributed by atoms with Gasteiger partial charge in [0, 0.05) is 34.9 Å². The molecule has 1 aromatic heterocycles. The van der Waals surface area contributed by atoms with Gasteiger partial charge < -0.3 is 19.9 Å². The molecule has 4 rings (SSSR count). The van der Waals surface area contributed by atoms with Crippen LogP contribution in [0.2, 0.25) is 5.02 Å². The summed E-state index contributed by atoms with van der Waals surface area (Å²) in [4.78, 5) is 18.7. The molecule has 0 aliphatic carbocycles. The van der Waals surface area contributed by atoms with E-state index in [1.807, 2.05) is 54.7 Å². The van der Waals surface area contributed by atoms with Crippen molar-refractivity contribution in [3.8, 4) is 0 Å². The number of halogens is 1. The summed E-state index contributed by atoms with van der Waals surface area (Å²) in [6.45, 7) is 7.85. The molecule has 0 bridgehead atoms. The average molecular weight is 454 g/mol. The Morgan fingerprint density at radius 1 is 1.19 bits per heavy atom. The van der Waals surface area contributed by atoms with Gasteiger partial charge in [-0.3, -0.25) is 4.79 Å². The number of ether oxygens (including phenoxy) is 1. The van der Waals surface area contributed by atoms with Gasteiger partial charge in [0.1, 0.15) is 0 Å². The number of likely N-dealkylation sites (tertiary alicyclic amines) is 1. The van der Waals surface area contributed by atoms with Gasteiger partial charge in [0.05, 0.1) is 12.6 Å². The topological polar surface area (TPSA) is 57.4 Å². The zero-order chi connectivity index (χ0) is 22.5. The van der Waals surface area contributed by atoms with Crippen LogP contribution in [0.15, 0.2) is 54.7 Å². The van der Waals surface area contributed by atoms with E-state index in [2.05, 4.69) is 29.0 Å². The molecule has 5 nitrogen and oxygen atoms in total. The number of carbonyl (C=O) groups excluding carboxylic acids is 1. The quantitative estimate of drug-likeness (QED) is 0.478. The Hall–Kier alpha value is -2.34. The van der Waals surface area contributed by atoms with Crippen molar-refractivity contribution in [1.29, 1.82) is 0 Å². The summed E-state index contributed by atoms with van der Waals surface area (Å²) in [5, 5.41) is 4.85. The Morgan fingerprint density at radius 3 is 2.72 bits per heavy atom. The van der Waals surface area contributed by atoms with E-state index < -0.39 is 0 Å². The lowest BCUT2D eigenvalue weighted by Crippen LogP contribution is -2.39. The molecular formula is C26H32ClN3O2. The molecule has 6 heteroatoms. The Bertz CT molecular complexity index is 1040. The van der Waals surface area contributed by atoms with Crippen molar-refractivity contribution >= 4 is 28.4 Å². The normalized spacial score (nSPS) is 16.5. The van der Waals surface area contributed by atoms with Crippen LogP contribution in [-0.4, -0.2) is 48.1 Å². The summed E-state index contributed by atoms with van der Waals surface area (Å²) in [6.07, 6.45) is 4.17. The number of amides is 1. The van der Waals surface area contributed by atoms with Crippen molar-refractivity contribution in [3.05, 3.63) is 70.9 Å². The fraction of sp³-hybridized carbons (Fsp3) is 0.423. The molecule has 2 N–H and O–H groups in total. The number of aromatic amines is 1. The van der Waals surface area contributed by atoms with Gasteiger partial charge in [-0.05, 0) is 80.9 Å². The molecule has 1 saturated heterocycles. The summed E-state index contributed by atoms with van der Waals surface area (Å²) in [6, 6.07) is 15.6. The molecule has 3 aromatic rings. The highest BCUT2D eigenvalue weighted by Crippen LogP contribution is 2.25. The second-order valence-corrected chi connectivity index (χ2v) is 9.35. The third kappa shape index (κ3) is 5.52. The van der Waals surface area contributed by atoms with Gasteiger partial charge in [-0.2, -0.15) is 0 Å². The van der Waals surface area contributed by atoms with Gasteiger partial charge in [0.2, 0.25) is 0 Å². The Balaban J connectivity index is 1.40. The number of piperidine rings is 1. The lowest BCUT2D eigenvalue weighted by molar-refractivity contribution is 0.0473. The summed E-state index contributed by atoms with van der Waals surface area (Å²) in [7, 11) is 0. The van der Waals surface area contributed by atoms with E-state index in [1.165, 1.54) is 0 Å². The van der Waals surface area contributed by atoms with Crippen molar-refractivity contribution in [2.75, 3.05) is 26.3 Å². The first-order valence-electron chi connectivity index (χ1n) is 11.5. The lowest BCUT2D eigenvalue weighted by Gasteiger charge is -2.34. The molecule has 1 aliphatic rings. The number of rotatable bonds is 8. The molecule has 2 aromatic carbocycles. The number of H-pyrrole nitrogens is 1.